The van der Waals surface area contributed by atoms with Crippen LogP contribution in [0.4, 0.5) is 0 Å². The second-order valence-electron chi connectivity index (χ2n) is 6.66. The van der Waals surface area contributed by atoms with Crippen molar-refractivity contribution in [2.45, 2.75) is 25.8 Å². The molecule has 2 heterocycles. The maximum atomic E-state index is 5.86. The van der Waals surface area contributed by atoms with Gasteiger partial charge in [-0.05, 0) is 50.4 Å². The number of methoxy groups -OCH3 is 1. The summed E-state index contributed by atoms with van der Waals surface area (Å²) in [7, 11) is 1.71. The second kappa shape index (κ2) is 7.44. The van der Waals surface area contributed by atoms with Crippen molar-refractivity contribution in [1.29, 1.82) is 0 Å². The van der Waals surface area contributed by atoms with Gasteiger partial charge in [-0.2, -0.15) is 0 Å². The van der Waals surface area contributed by atoms with Crippen molar-refractivity contribution in [2.75, 3.05) is 46.5 Å². The third-order valence-electron chi connectivity index (χ3n) is 5.09. The summed E-state index contributed by atoms with van der Waals surface area (Å²) in [5.41, 5.74) is 1.86. The number of likely N-dealkylation sites (tertiary alicyclic amines) is 1. The summed E-state index contributed by atoms with van der Waals surface area (Å²) >= 11 is 0. The van der Waals surface area contributed by atoms with Crippen LogP contribution in [0.5, 0.6) is 5.75 Å². The van der Waals surface area contributed by atoms with Crippen LogP contribution >= 0.6 is 0 Å². The van der Waals surface area contributed by atoms with Crippen molar-refractivity contribution in [3.63, 3.8) is 0 Å². The normalized spacial score (nSPS) is 21.3. The first kappa shape index (κ1) is 15.8. The summed E-state index contributed by atoms with van der Waals surface area (Å²) in [5, 5.41) is 3.49. The van der Waals surface area contributed by atoms with Crippen LogP contribution in [-0.4, -0.2) is 51.4 Å². The van der Waals surface area contributed by atoms with Gasteiger partial charge in [0.15, 0.2) is 0 Å². The van der Waals surface area contributed by atoms with Gasteiger partial charge in [0.25, 0.3) is 0 Å². The van der Waals surface area contributed by atoms with Gasteiger partial charge >= 0.3 is 0 Å². The van der Waals surface area contributed by atoms with Crippen LogP contribution in [0.15, 0.2) is 24.3 Å². The van der Waals surface area contributed by atoms with E-state index in [1.807, 2.05) is 6.07 Å². The van der Waals surface area contributed by atoms with Gasteiger partial charge in [-0.25, -0.2) is 0 Å². The molecule has 3 rings (SSSR count). The van der Waals surface area contributed by atoms with E-state index >= 15 is 0 Å². The van der Waals surface area contributed by atoms with Gasteiger partial charge in [0.2, 0.25) is 0 Å². The highest BCUT2D eigenvalue weighted by Crippen LogP contribution is 2.39. The van der Waals surface area contributed by atoms with Gasteiger partial charge in [-0.15, -0.1) is 0 Å². The molecule has 0 saturated carbocycles. The molecule has 2 fully saturated rings. The highest BCUT2D eigenvalue weighted by atomic mass is 16.5. The number of benzene rings is 1. The number of ether oxygens (including phenoxy) is 2. The fourth-order valence-corrected chi connectivity index (χ4v) is 3.78. The molecule has 4 heteroatoms. The van der Waals surface area contributed by atoms with Gasteiger partial charge in [0.1, 0.15) is 12.4 Å². The molecule has 2 aliphatic rings. The van der Waals surface area contributed by atoms with E-state index in [-0.39, 0.29) is 0 Å². The first-order valence-electron chi connectivity index (χ1n) is 8.44. The Kier molecular flexibility index (Phi) is 5.34. The predicted octanol–water partition coefficient (Wildman–Crippen LogP) is 2.29. The molecule has 2 aliphatic heterocycles. The number of hydrogen-bond donors (Lipinski definition) is 1. The zero-order valence-electron chi connectivity index (χ0n) is 13.6. The highest BCUT2D eigenvalue weighted by molar-refractivity contribution is 5.33. The number of piperidine rings is 1. The molecule has 1 N–H and O–H groups in total. The fourth-order valence-electron chi connectivity index (χ4n) is 3.78. The summed E-state index contributed by atoms with van der Waals surface area (Å²) in [6.07, 6.45) is 4.01. The second-order valence-corrected chi connectivity index (χ2v) is 6.66. The standard InChI is InChI=1S/C18H28N2O2/c1-21-12-13-22-17-5-3-2-4-16(17)14-20-11-8-18(15-20)6-9-19-10-7-18/h2-5,19H,6-15H2,1H3. The van der Waals surface area contributed by atoms with Gasteiger partial charge in [0, 0.05) is 25.8 Å². The van der Waals surface area contributed by atoms with Crippen LogP contribution in [0.2, 0.25) is 0 Å². The molecule has 4 nitrogen and oxygen atoms in total. The third kappa shape index (κ3) is 3.80. The largest absolute Gasteiger partial charge is 0.491 e. The van der Waals surface area contributed by atoms with Crippen molar-refractivity contribution in [1.82, 2.24) is 10.2 Å². The average molecular weight is 304 g/mol. The Morgan fingerprint density at radius 3 is 2.77 bits per heavy atom. The molecule has 1 spiro atoms. The molecule has 0 aliphatic carbocycles. The van der Waals surface area contributed by atoms with E-state index < -0.39 is 0 Å². The van der Waals surface area contributed by atoms with E-state index in [2.05, 4.69) is 28.4 Å². The van der Waals surface area contributed by atoms with Gasteiger partial charge in [0.05, 0.1) is 6.61 Å². The monoisotopic (exact) mass is 304 g/mol. The van der Waals surface area contributed by atoms with Crippen molar-refractivity contribution < 1.29 is 9.47 Å². The Hall–Kier alpha value is -1.10. The molecule has 1 aromatic carbocycles. The van der Waals surface area contributed by atoms with E-state index in [0.717, 1.165) is 12.3 Å². The maximum absolute atomic E-state index is 5.86. The molecule has 0 unspecified atom stereocenters. The number of nitrogens with one attached hydrogen (secondary N) is 1. The minimum atomic E-state index is 0.567. The summed E-state index contributed by atoms with van der Waals surface area (Å²) in [5.74, 6) is 1.01. The Morgan fingerprint density at radius 2 is 1.95 bits per heavy atom. The minimum absolute atomic E-state index is 0.567. The SMILES string of the molecule is COCCOc1ccccc1CN1CCC2(CCNCC2)C1. The molecule has 22 heavy (non-hydrogen) atoms. The summed E-state index contributed by atoms with van der Waals surface area (Å²) in [6, 6.07) is 8.41. The van der Waals surface area contributed by atoms with Crippen LogP contribution in [-0.2, 0) is 11.3 Å². The van der Waals surface area contributed by atoms with E-state index in [1.165, 1.54) is 51.0 Å². The smallest absolute Gasteiger partial charge is 0.123 e. The Bertz CT molecular complexity index is 472. The maximum Gasteiger partial charge on any atom is 0.123 e. The van der Waals surface area contributed by atoms with Crippen molar-refractivity contribution in [2.24, 2.45) is 5.41 Å². The minimum Gasteiger partial charge on any atom is -0.491 e. The number of hydrogen-bond acceptors (Lipinski definition) is 4. The van der Waals surface area contributed by atoms with Crippen LogP contribution in [0.1, 0.15) is 24.8 Å². The predicted molar refractivity (Wildman–Crippen MR) is 88.2 cm³/mol. The van der Waals surface area contributed by atoms with Crippen LogP contribution in [0, 0.1) is 5.41 Å². The first-order chi connectivity index (χ1) is 10.8. The molecule has 0 bridgehead atoms. The van der Waals surface area contributed by atoms with Crippen molar-refractivity contribution >= 4 is 0 Å². The average Bonchev–Trinajstić information content (AvgIpc) is 2.92. The first-order valence-corrected chi connectivity index (χ1v) is 8.44. The number of rotatable bonds is 6. The summed E-state index contributed by atoms with van der Waals surface area (Å²) < 4.78 is 10.9. The van der Waals surface area contributed by atoms with E-state index in [4.69, 9.17) is 9.47 Å². The molecule has 2 saturated heterocycles. The molecule has 0 atom stereocenters. The lowest BCUT2D eigenvalue weighted by Gasteiger charge is -2.34. The molecule has 122 valence electrons. The molecule has 0 aromatic heterocycles. The third-order valence-corrected chi connectivity index (χ3v) is 5.09. The van der Waals surface area contributed by atoms with E-state index in [1.54, 1.807) is 7.11 Å². The lowest BCUT2D eigenvalue weighted by Crippen LogP contribution is -2.38. The molecular weight excluding hydrogens is 276 g/mol. The molecule has 0 amide bonds. The Morgan fingerprint density at radius 1 is 1.14 bits per heavy atom. The van der Waals surface area contributed by atoms with Crippen molar-refractivity contribution in [3.8, 4) is 5.75 Å². The Balaban J connectivity index is 1.59. The summed E-state index contributed by atoms with van der Waals surface area (Å²) in [6.45, 7) is 7.07. The van der Waals surface area contributed by atoms with Crippen LogP contribution < -0.4 is 10.1 Å². The molecule has 1 aromatic rings. The lowest BCUT2D eigenvalue weighted by atomic mass is 9.78. The molecule has 0 radical (unpaired) electrons. The van der Waals surface area contributed by atoms with Crippen LogP contribution in [0.3, 0.4) is 0 Å². The van der Waals surface area contributed by atoms with Gasteiger partial charge in [-0.1, -0.05) is 18.2 Å². The number of nitrogens with zero attached hydrogens (tertiary/aromatic N) is 1. The van der Waals surface area contributed by atoms with Gasteiger partial charge < -0.3 is 14.8 Å². The van der Waals surface area contributed by atoms with E-state index in [0.29, 0.717) is 18.6 Å². The van der Waals surface area contributed by atoms with Crippen LogP contribution in [0.25, 0.3) is 0 Å². The number of para-hydroxylation sites is 1. The fraction of sp³-hybridized carbons (Fsp3) is 0.667. The summed E-state index contributed by atoms with van der Waals surface area (Å²) in [4.78, 5) is 2.60. The molecular formula is C18H28N2O2. The topological polar surface area (TPSA) is 33.7 Å². The van der Waals surface area contributed by atoms with Crippen molar-refractivity contribution in [3.05, 3.63) is 29.8 Å². The highest BCUT2D eigenvalue weighted by Gasteiger charge is 2.38. The Labute approximate surface area is 133 Å². The van der Waals surface area contributed by atoms with Gasteiger partial charge in [-0.3, -0.25) is 4.90 Å². The quantitative estimate of drug-likeness (QED) is 0.818. The van der Waals surface area contributed by atoms with E-state index in [9.17, 15) is 0 Å². The zero-order chi connectivity index (χ0) is 15.3. The lowest BCUT2D eigenvalue weighted by molar-refractivity contribution is 0.144. The zero-order valence-corrected chi connectivity index (χ0v) is 13.6.